The van der Waals surface area contributed by atoms with Crippen LogP contribution in [0.25, 0.3) is 0 Å². The van der Waals surface area contributed by atoms with Crippen LogP contribution in [0.4, 0.5) is 5.69 Å². The van der Waals surface area contributed by atoms with Gasteiger partial charge in [0.05, 0.1) is 17.8 Å². The first kappa shape index (κ1) is 8.23. The highest BCUT2D eigenvalue weighted by molar-refractivity contribution is 6.02. The number of aromatic nitrogens is 1. The molecule has 1 atom stereocenters. The summed E-state index contributed by atoms with van der Waals surface area (Å²) in [4.78, 5) is 15.5. The summed E-state index contributed by atoms with van der Waals surface area (Å²) in [6, 6.07) is 1.91. The summed E-state index contributed by atoms with van der Waals surface area (Å²) in [6.45, 7) is 4.11. The van der Waals surface area contributed by atoms with Gasteiger partial charge in [-0.25, -0.2) is 0 Å². The largest absolute Gasteiger partial charge is 0.324 e. The molecule has 13 heavy (non-hydrogen) atoms. The molecule has 68 valence electrons. The molecule has 2 rings (SSSR count). The van der Waals surface area contributed by atoms with Crippen LogP contribution >= 0.6 is 0 Å². The van der Waals surface area contributed by atoms with Gasteiger partial charge < -0.3 is 5.32 Å². The van der Waals surface area contributed by atoms with Crippen LogP contribution in [-0.4, -0.2) is 10.9 Å². The predicted octanol–water partition coefficient (Wildman–Crippen LogP) is 1.77. The van der Waals surface area contributed by atoms with Crippen LogP contribution in [0.5, 0.6) is 0 Å². The highest BCUT2D eigenvalue weighted by Crippen LogP contribution is 2.35. The summed E-state index contributed by atoms with van der Waals surface area (Å²) < 4.78 is 0. The van der Waals surface area contributed by atoms with Crippen molar-refractivity contribution in [1.82, 2.24) is 4.98 Å². The molecule has 0 spiro atoms. The highest BCUT2D eigenvalue weighted by atomic mass is 16.2. The number of rotatable bonds is 1. The Kier molecular flexibility index (Phi) is 1.79. The van der Waals surface area contributed by atoms with E-state index in [0.29, 0.717) is 5.92 Å². The number of anilines is 1. The zero-order valence-corrected chi connectivity index (χ0v) is 7.74. The van der Waals surface area contributed by atoms with Gasteiger partial charge in [-0.15, -0.1) is 0 Å². The topological polar surface area (TPSA) is 42.0 Å². The molecule has 1 aliphatic rings. The quantitative estimate of drug-likeness (QED) is 0.708. The lowest BCUT2D eigenvalue weighted by molar-refractivity contribution is -0.117. The fourth-order valence-electron chi connectivity index (χ4n) is 1.79. The van der Waals surface area contributed by atoms with Crippen molar-refractivity contribution < 1.29 is 4.79 Å². The first-order valence-corrected chi connectivity index (χ1v) is 4.45. The van der Waals surface area contributed by atoms with Gasteiger partial charge >= 0.3 is 0 Å². The fraction of sp³-hybridized carbons (Fsp3) is 0.400. The lowest BCUT2D eigenvalue weighted by atomic mass is 9.90. The molecule has 1 aromatic heterocycles. The lowest BCUT2D eigenvalue weighted by Gasteiger charge is -2.11. The molecular weight excluding hydrogens is 164 g/mol. The van der Waals surface area contributed by atoms with Gasteiger partial charge in [0.2, 0.25) is 5.91 Å². The molecule has 0 aromatic carbocycles. The Bertz CT molecular complexity index is 347. The Morgan fingerprint density at radius 2 is 2.31 bits per heavy atom. The van der Waals surface area contributed by atoms with Crippen molar-refractivity contribution in [3.05, 3.63) is 24.0 Å². The summed E-state index contributed by atoms with van der Waals surface area (Å²) in [5.74, 6) is 0.430. The summed E-state index contributed by atoms with van der Waals surface area (Å²) >= 11 is 0. The second kappa shape index (κ2) is 2.83. The van der Waals surface area contributed by atoms with Gasteiger partial charge in [0, 0.05) is 6.20 Å². The number of fused-ring (bicyclic) bond motifs is 1. The number of hydrogen-bond acceptors (Lipinski definition) is 2. The van der Waals surface area contributed by atoms with Crippen LogP contribution in [0.15, 0.2) is 18.5 Å². The summed E-state index contributed by atoms with van der Waals surface area (Å²) in [5, 5.41) is 2.83. The van der Waals surface area contributed by atoms with E-state index in [-0.39, 0.29) is 11.8 Å². The predicted molar refractivity (Wildman–Crippen MR) is 50.4 cm³/mol. The van der Waals surface area contributed by atoms with E-state index in [2.05, 4.69) is 24.1 Å². The van der Waals surface area contributed by atoms with Crippen molar-refractivity contribution in [2.45, 2.75) is 19.8 Å². The van der Waals surface area contributed by atoms with Gasteiger partial charge in [0.15, 0.2) is 0 Å². The van der Waals surface area contributed by atoms with Crippen molar-refractivity contribution in [1.29, 1.82) is 0 Å². The van der Waals surface area contributed by atoms with Crippen LogP contribution in [0.2, 0.25) is 0 Å². The van der Waals surface area contributed by atoms with Gasteiger partial charge in [-0.1, -0.05) is 13.8 Å². The smallest absolute Gasteiger partial charge is 0.232 e. The van der Waals surface area contributed by atoms with Crippen LogP contribution in [-0.2, 0) is 4.79 Å². The van der Waals surface area contributed by atoms with Crippen LogP contribution < -0.4 is 5.32 Å². The molecular formula is C10H12N2O. The average molecular weight is 176 g/mol. The molecule has 2 heterocycles. The van der Waals surface area contributed by atoms with Crippen LogP contribution in [0.1, 0.15) is 25.3 Å². The van der Waals surface area contributed by atoms with Crippen LogP contribution in [0, 0.1) is 5.92 Å². The highest BCUT2D eigenvalue weighted by Gasteiger charge is 2.32. The van der Waals surface area contributed by atoms with Crippen molar-refractivity contribution in [2.75, 3.05) is 5.32 Å². The number of hydrogen-bond donors (Lipinski definition) is 1. The van der Waals surface area contributed by atoms with E-state index in [1.165, 1.54) is 0 Å². The maximum Gasteiger partial charge on any atom is 0.232 e. The maximum absolute atomic E-state index is 11.5. The van der Waals surface area contributed by atoms with Crippen molar-refractivity contribution in [3.63, 3.8) is 0 Å². The molecule has 0 saturated heterocycles. The van der Waals surface area contributed by atoms with E-state index in [4.69, 9.17) is 0 Å². The SMILES string of the molecule is CC(C)C1C(=O)Nc2cnccc21. The zero-order chi connectivity index (χ0) is 9.42. The molecule has 3 nitrogen and oxygen atoms in total. The molecule has 0 saturated carbocycles. The summed E-state index contributed by atoms with van der Waals surface area (Å²) in [7, 11) is 0. The number of amides is 1. The van der Waals surface area contributed by atoms with Gasteiger partial charge in [0.1, 0.15) is 0 Å². The molecule has 1 unspecified atom stereocenters. The van der Waals surface area contributed by atoms with Crippen molar-refractivity contribution >= 4 is 11.6 Å². The Balaban J connectivity index is 2.46. The lowest BCUT2D eigenvalue weighted by Crippen LogP contribution is -2.16. The minimum Gasteiger partial charge on any atom is -0.324 e. The molecule has 1 aliphatic heterocycles. The Labute approximate surface area is 77.2 Å². The first-order valence-electron chi connectivity index (χ1n) is 4.45. The van der Waals surface area contributed by atoms with Crippen molar-refractivity contribution in [2.24, 2.45) is 5.92 Å². The fourth-order valence-corrected chi connectivity index (χ4v) is 1.79. The van der Waals surface area contributed by atoms with E-state index < -0.39 is 0 Å². The van der Waals surface area contributed by atoms with Crippen molar-refractivity contribution in [3.8, 4) is 0 Å². The first-order chi connectivity index (χ1) is 6.20. The van der Waals surface area contributed by atoms with Crippen LogP contribution in [0.3, 0.4) is 0 Å². The molecule has 0 aliphatic carbocycles. The van der Waals surface area contributed by atoms with Gasteiger partial charge in [0.25, 0.3) is 0 Å². The Morgan fingerprint density at radius 1 is 1.54 bits per heavy atom. The van der Waals surface area contributed by atoms with E-state index in [1.807, 2.05) is 6.07 Å². The second-order valence-electron chi connectivity index (χ2n) is 3.67. The number of carbonyl (C=O) groups is 1. The average Bonchev–Trinajstić information content (AvgIpc) is 2.39. The third kappa shape index (κ3) is 1.20. The minimum absolute atomic E-state index is 0.00185. The monoisotopic (exact) mass is 176 g/mol. The molecule has 1 amide bonds. The zero-order valence-electron chi connectivity index (χ0n) is 7.74. The standard InChI is InChI=1S/C10H12N2O/c1-6(2)9-7-3-4-11-5-8(7)12-10(9)13/h3-6,9H,1-2H3,(H,12,13). The van der Waals surface area contributed by atoms with E-state index >= 15 is 0 Å². The molecule has 1 N–H and O–H groups in total. The third-order valence-electron chi connectivity index (χ3n) is 2.40. The molecule has 0 bridgehead atoms. The normalized spacial score (nSPS) is 20.2. The van der Waals surface area contributed by atoms with E-state index in [9.17, 15) is 4.79 Å². The number of carbonyl (C=O) groups excluding carboxylic acids is 1. The van der Waals surface area contributed by atoms with Gasteiger partial charge in [-0.2, -0.15) is 0 Å². The molecule has 3 heteroatoms. The maximum atomic E-state index is 11.5. The summed E-state index contributed by atoms with van der Waals surface area (Å²) in [5.41, 5.74) is 1.95. The minimum atomic E-state index is -0.00185. The number of pyridine rings is 1. The number of nitrogens with zero attached hydrogens (tertiary/aromatic N) is 1. The molecule has 0 radical (unpaired) electrons. The van der Waals surface area contributed by atoms with Gasteiger partial charge in [-0.3, -0.25) is 9.78 Å². The third-order valence-corrected chi connectivity index (χ3v) is 2.40. The van der Waals surface area contributed by atoms with E-state index in [0.717, 1.165) is 11.3 Å². The summed E-state index contributed by atoms with van der Waals surface area (Å²) in [6.07, 6.45) is 3.43. The molecule has 1 aromatic rings. The molecule has 0 fully saturated rings. The van der Waals surface area contributed by atoms with Gasteiger partial charge in [-0.05, 0) is 17.5 Å². The Hall–Kier alpha value is -1.38. The Morgan fingerprint density at radius 3 is 3.00 bits per heavy atom. The second-order valence-corrected chi connectivity index (χ2v) is 3.67. The van der Waals surface area contributed by atoms with E-state index in [1.54, 1.807) is 12.4 Å². The number of nitrogens with one attached hydrogen (secondary N) is 1.